The molecule has 0 aromatic rings. The average molecular weight is 211 g/mol. The van der Waals surface area contributed by atoms with E-state index in [9.17, 15) is 4.79 Å². The fourth-order valence-electron chi connectivity index (χ4n) is 2.19. The Bertz CT molecular complexity index is 222. The molecule has 1 aliphatic heterocycles. The summed E-state index contributed by atoms with van der Waals surface area (Å²) in [6.45, 7) is 2.92. The van der Waals surface area contributed by atoms with Crippen molar-refractivity contribution in [3.8, 4) is 0 Å². The maximum atomic E-state index is 11.7. The van der Waals surface area contributed by atoms with Crippen molar-refractivity contribution in [3.63, 3.8) is 0 Å². The lowest BCUT2D eigenvalue weighted by Crippen LogP contribution is -2.45. The van der Waals surface area contributed by atoms with Crippen LogP contribution in [0.4, 0.5) is 4.79 Å². The second kappa shape index (κ2) is 4.84. The quantitative estimate of drug-likeness (QED) is 0.722. The average Bonchev–Trinajstić information content (AvgIpc) is 2.91. The van der Waals surface area contributed by atoms with Gasteiger partial charge in [0.05, 0.1) is 0 Å². The summed E-state index contributed by atoms with van der Waals surface area (Å²) >= 11 is 0. The van der Waals surface area contributed by atoms with Crippen LogP contribution >= 0.6 is 0 Å². The molecule has 0 aromatic carbocycles. The number of carbonyl (C=O) groups is 1. The predicted molar refractivity (Wildman–Crippen MR) is 59.8 cm³/mol. The minimum atomic E-state index is 0.0793. The van der Waals surface area contributed by atoms with Gasteiger partial charge in [-0.25, -0.2) is 4.79 Å². The van der Waals surface area contributed by atoms with Crippen molar-refractivity contribution in [2.75, 3.05) is 26.7 Å². The van der Waals surface area contributed by atoms with Crippen LogP contribution in [0.25, 0.3) is 0 Å². The molecule has 15 heavy (non-hydrogen) atoms. The van der Waals surface area contributed by atoms with Crippen LogP contribution in [0.5, 0.6) is 0 Å². The molecule has 0 aromatic heterocycles. The van der Waals surface area contributed by atoms with Gasteiger partial charge in [-0.15, -0.1) is 0 Å². The summed E-state index contributed by atoms with van der Waals surface area (Å²) in [6.07, 6.45) is 5.05. The summed E-state index contributed by atoms with van der Waals surface area (Å²) in [4.78, 5) is 13.6. The second-order valence-electron chi connectivity index (χ2n) is 4.70. The van der Waals surface area contributed by atoms with Crippen LogP contribution in [0, 0.1) is 5.92 Å². The number of urea groups is 1. The van der Waals surface area contributed by atoms with Crippen LogP contribution in [-0.4, -0.2) is 43.7 Å². The van der Waals surface area contributed by atoms with Gasteiger partial charge in [0.25, 0.3) is 0 Å². The first kappa shape index (κ1) is 10.7. The van der Waals surface area contributed by atoms with Crippen molar-refractivity contribution in [1.82, 2.24) is 15.5 Å². The van der Waals surface area contributed by atoms with E-state index in [0.29, 0.717) is 6.04 Å². The number of hydrogen-bond donors (Lipinski definition) is 2. The van der Waals surface area contributed by atoms with Crippen LogP contribution in [0.1, 0.15) is 25.7 Å². The van der Waals surface area contributed by atoms with E-state index in [4.69, 9.17) is 0 Å². The standard InChI is InChI=1S/C11H21N3O/c1-12-11(15)14(7-9-4-5-9)8-10-3-2-6-13-10/h9-10,13H,2-8H2,1H3,(H,12,15). The minimum Gasteiger partial charge on any atom is -0.341 e. The van der Waals surface area contributed by atoms with E-state index in [-0.39, 0.29) is 6.03 Å². The summed E-state index contributed by atoms with van der Waals surface area (Å²) in [6, 6.07) is 0.594. The van der Waals surface area contributed by atoms with Gasteiger partial charge in [0.15, 0.2) is 0 Å². The third-order valence-electron chi connectivity index (χ3n) is 3.28. The van der Waals surface area contributed by atoms with E-state index in [1.165, 1.54) is 25.7 Å². The highest BCUT2D eigenvalue weighted by atomic mass is 16.2. The Kier molecular flexibility index (Phi) is 3.46. The Hall–Kier alpha value is -0.770. The van der Waals surface area contributed by atoms with Crippen LogP contribution in [0.15, 0.2) is 0 Å². The first-order chi connectivity index (χ1) is 7.29. The zero-order valence-electron chi connectivity index (χ0n) is 9.46. The third-order valence-corrected chi connectivity index (χ3v) is 3.28. The van der Waals surface area contributed by atoms with Gasteiger partial charge in [-0.1, -0.05) is 0 Å². The molecule has 86 valence electrons. The molecular weight excluding hydrogens is 190 g/mol. The maximum Gasteiger partial charge on any atom is 0.317 e. The zero-order chi connectivity index (χ0) is 10.7. The fraction of sp³-hybridized carbons (Fsp3) is 0.909. The van der Waals surface area contributed by atoms with Gasteiger partial charge >= 0.3 is 6.03 Å². The highest BCUT2D eigenvalue weighted by molar-refractivity contribution is 5.73. The summed E-state index contributed by atoms with van der Waals surface area (Å²) in [5.74, 6) is 0.767. The molecule has 1 saturated heterocycles. The molecule has 2 rings (SSSR count). The van der Waals surface area contributed by atoms with Crippen LogP contribution in [-0.2, 0) is 0 Å². The van der Waals surface area contributed by atoms with Gasteiger partial charge in [0.1, 0.15) is 0 Å². The molecule has 2 amide bonds. The van der Waals surface area contributed by atoms with Gasteiger partial charge in [0.2, 0.25) is 0 Å². The lowest BCUT2D eigenvalue weighted by Gasteiger charge is -2.25. The van der Waals surface area contributed by atoms with Crippen molar-refractivity contribution in [1.29, 1.82) is 0 Å². The Balaban J connectivity index is 1.82. The highest BCUT2D eigenvalue weighted by Gasteiger charge is 2.28. The molecule has 1 aliphatic carbocycles. The van der Waals surface area contributed by atoms with E-state index in [1.54, 1.807) is 7.05 Å². The third kappa shape index (κ3) is 3.09. The fourth-order valence-corrected chi connectivity index (χ4v) is 2.19. The second-order valence-corrected chi connectivity index (χ2v) is 4.70. The SMILES string of the molecule is CNC(=O)N(CC1CC1)CC1CCCN1. The Labute approximate surface area is 91.4 Å². The van der Waals surface area contributed by atoms with E-state index in [0.717, 1.165) is 25.6 Å². The first-order valence-corrected chi connectivity index (χ1v) is 5.99. The molecule has 1 heterocycles. The van der Waals surface area contributed by atoms with E-state index in [2.05, 4.69) is 10.6 Å². The first-order valence-electron chi connectivity index (χ1n) is 5.99. The number of hydrogen-bond acceptors (Lipinski definition) is 2. The molecule has 2 fully saturated rings. The maximum absolute atomic E-state index is 11.7. The molecular formula is C11H21N3O. The number of nitrogens with zero attached hydrogens (tertiary/aromatic N) is 1. The molecule has 4 nitrogen and oxygen atoms in total. The monoisotopic (exact) mass is 211 g/mol. The van der Waals surface area contributed by atoms with E-state index >= 15 is 0 Å². The van der Waals surface area contributed by atoms with Crippen molar-refractivity contribution in [2.45, 2.75) is 31.7 Å². The van der Waals surface area contributed by atoms with Crippen LogP contribution in [0.3, 0.4) is 0 Å². The Morgan fingerprint density at radius 3 is 2.73 bits per heavy atom. The largest absolute Gasteiger partial charge is 0.341 e. The van der Waals surface area contributed by atoms with Gasteiger partial charge in [-0.3, -0.25) is 0 Å². The molecule has 4 heteroatoms. The van der Waals surface area contributed by atoms with Crippen LogP contribution < -0.4 is 10.6 Å². The zero-order valence-corrected chi connectivity index (χ0v) is 9.46. The molecule has 1 atom stereocenters. The number of carbonyl (C=O) groups excluding carboxylic acids is 1. The smallest absolute Gasteiger partial charge is 0.317 e. The lowest BCUT2D eigenvalue weighted by atomic mass is 10.2. The predicted octanol–water partition coefficient (Wildman–Crippen LogP) is 0.790. The van der Waals surface area contributed by atoms with Crippen molar-refractivity contribution in [2.24, 2.45) is 5.92 Å². The van der Waals surface area contributed by atoms with E-state index in [1.807, 2.05) is 4.90 Å². The topological polar surface area (TPSA) is 44.4 Å². The number of rotatable bonds is 4. The van der Waals surface area contributed by atoms with Crippen LogP contribution in [0.2, 0.25) is 0 Å². The lowest BCUT2D eigenvalue weighted by molar-refractivity contribution is 0.192. The number of amides is 2. The summed E-state index contributed by atoms with van der Waals surface area (Å²) in [5, 5.41) is 6.17. The molecule has 2 aliphatic rings. The molecule has 2 N–H and O–H groups in total. The molecule has 1 saturated carbocycles. The van der Waals surface area contributed by atoms with Gasteiger partial charge in [0, 0.05) is 26.2 Å². The number of nitrogens with one attached hydrogen (secondary N) is 2. The summed E-state index contributed by atoms with van der Waals surface area (Å²) in [5.41, 5.74) is 0. The molecule has 0 bridgehead atoms. The molecule has 1 unspecified atom stereocenters. The molecule has 0 radical (unpaired) electrons. The van der Waals surface area contributed by atoms with Crippen molar-refractivity contribution >= 4 is 6.03 Å². The van der Waals surface area contributed by atoms with Crippen molar-refractivity contribution in [3.05, 3.63) is 0 Å². The normalized spacial score (nSPS) is 25.3. The van der Waals surface area contributed by atoms with Gasteiger partial charge in [-0.05, 0) is 38.1 Å². The van der Waals surface area contributed by atoms with E-state index < -0.39 is 0 Å². The van der Waals surface area contributed by atoms with Gasteiger partial charge < -0.3 is 15.5 Å². The highest BCUT2D eigenvalue weighted by Crippen LogP contribution is 2.29. The van der Waals surface area contributed by atoms with Gasteiger partial charge in [-0.2, -0.15) is 0 Å². The minimum absolute atomic E-state index is 0.0793. The summed E-state index contributed by atoms with van der Waals surface area (Å²) < 4.78 is 0. The Morgan fingerprint density at radius 2 is 2.20 bits per heavy atom. The molecule has 0 spiro atoms. The summed E-state index contributed by atoms with van der Waals surface area (Å²) in [7, 11) is 1.71. The van der Waals surface area contributed by atoms with Crippen molar-refractivity contribution < 1.29 is 4.79 Å². The Morgan fingerprint density at radius 1 is 1.40 bits per heavy atom.